The monoisotopic (exact) mass is 373 g/mol. The number of pyridine rings is 1. The first-order valence-electron chi connectivity index (χ1n) is 5.36. The van der Waals surface area contributed by atoms with Crippen LogP contribution in [0.4, 0.5) is 26.3 Å². The number of hydrogen-bond donors (Lipinski definition) is 0. The predicted molar refractivity (Wildman–Crippen MR) is 66.0 cm³/mol. The van der Waals surface area contributed by atoms with Gasteiger partial charge in [0.1, 0.15) is 11.4 Å². The first-order valence-corrected chi connectivity index (χ1v) is 6.16. The van der Waals surface area contributed by atoms with Gasteiger partial charge in [-0.05, 0) is 18.2 Å². The number of alkyl halides is 6. The maximum Gasteiger partial charge on any atom is 0.433 e. The lowest BCUT2D eigenvalue weighted by Gasteiger charge is -2.15. The highest BCUT2D eigenvalue weighted by molar-refractivity contribution is 9.10. The van der Waals surface area contributed by atoms with Gasteiger partial charge in [-0.3, -0.25) is 0 Å². The Morgan fingerprint density at radius 2 is 1.62 bits per heavy atom. The zero-order valence-corrected chi connectivity index (χ0v) is 11.8. The van der Waals surface area contributed by atoms with Gasteiger partial charge in [0.25, 0.3) is 0 Å². The molecule has 0 atom stereocenters. The second kappa shape index (κ2) is 5.04. The zero-order valence-electron chi connectivity index (χ0n) is 10.2. The molecule has 1 heterocycles. The lowest BCUT2D eigenvalue weighted by atomic mass is 10.1. The molecular formula is C12H6BrF6NO. The molecule has 2 rings (SSSR count). The molecule has 0 amide bonds. The van der Waals surface area contributed by atoms with E-state index in [-0.39, 0.29) is 15.6 Å². The summed E-state index contributed by atoms with van der Waals surface area (Å²) in [4.78, 5) is 3.12. The molecule has 2 aromatic rings. The van der Waals surface area contributed by atoms with Gasteiger partial charge in [-0.2, -0.15) is 26.3 Å². The highest BCUT2D eigenvalue weighted by Gasteiger charge is 2.37. The fourth-order valence-electron chi connectivity index (χ4n) is 1.74. The van der Waals surface area contributed by atoms with Crippen LogP contribution in [-0.4, -0.2) is 12.1 Å². The van der Waals surface area contributed by atoms with Gasteiger partial charge in [-0.1, -0.05) is 15.9 Å². The van der Waals surface area contributed by atoms with Gasteiger partial charge < -0.3 is 4.74 Å². The molecule has 0 aliphatic rings. The van der Waals surface area contributed by atoms with E-state index >= 15 is 0 Å². The Labute approximate surface area is 122 Å². The third-order valence-electron chi connectivity index (χ3n) is 2.67. The van der Waals surface area contributed by atoms with Crippen molar-refractivity contribution in [2.75, 3.05) is 7.11 Å². The minimum atomic E-state index is -4.86. The highest BCUT2D eigenvalue weighted by Crippen LogP contribution is 2.41. The lowest BCUT2D eigenvalue weighted by Crippen LogP contribution is -2.12. The van der Waals surface area contributed by atoms with Crippen LogP contribution in [0.5, 0.6) is 5.75 Å². The largest absolute Gasteiger partial charge is 0.497 e. The van der Waals surface area contributed by atoms with Crippen molar-refractivity contribution < 1.29 is 31.1 Å². The van der Waals surface area contributed by atoms with E-state index in [9.17, 15) is 26.3 Å². The van der Waals surface area contributed by atoms with E-state index < -0.39 is 29.1 Å². The summed E-state index contributed by atoms with van der Waals surface area (Å²) in [5.41, 5.74) is -3.48. The highest BCUT2D eigenvalue weighted by atomic mass is 79.9. The number of benzene rings is 1. The van der Waals surface area contributed by atoms with Crippen LogP contribution in [0.2, 0.25) is 0 Å². The first kappa shape index (κ1) is 15.9. The maximum atomic E-state index is 13.0. The third kappa shape index (κ3) is 3.07. The van der Waals surface area contributed by atoms with Crippen LogP contribution in [0, 0.1) is 0 Å². The van der Waals surface area contributed by atoms with Crippen molar-refractivity contribution in [3.05, 3.63) is 33.9 Å². The van der Waals surface area contributed by atoms with E-state index in [2.05, 4.69) is 20.9 Å². The standard InChI is InChI=1S/C12H6BrF6NO/c1-21-5-2-6-8(13)4-9(12(17,18)19)20-10(6)7(3-5)11(14,15)16/h2-4H,1H3. The van der Waals surface area contributed by atoms with Gasteiger partial charge in [0, 0.05) is 9.86 Å². The van der Waals surface area contributed by atoms with Crippen molar-refractivity contribution in [2.24, 2.45) is 0 Å². The van der Waals surface area contributed by atoms with Crippen LogP contribution < -0.4 is 4.74 Å². The molecule has 9 heteroatoms. The van der Waals surface area contributed by atoms with E-state index in [4.69, 9.17) is 4.74 Å². The number of rotatable bonds is 1. The van der Waals surface area contributed by atoms with Crippen molar-refractivity contribution in [3.63, 3.8) is 0 Å². The number of nitrogens with zero attached hydrogens (tertiary/aromatic N) is 1. The molecule has 21 heavy (non-hydrogen) atoms. The first-order chi connectivity index (χ1) is 9.54. The van der Waals surface area contributed by atoms with Crippen LogP contribution >= 0.6 is 15.9 Å². The summed E-state index contributed by atoms with van der Waals surface area (Å²) < 4.78 is 81.6. The molecule has 0 spiro atoms. The maximum absolute atomic E-state index is 13.0. The molecule has 1 aromatic carbocycles. The Bertz CT molecular complexity index is 695. The SMILES string of the molecule is COc1cc(C(F)(F)F)c2nc(C(F)(F)F)cc(Br)c2c1. The van der Waals surface area contributed by atoms with Crippen LogP contribution in [0.1, 0.15) is 11.3 Å². The van der Waals surface area contributed by atoms with Crippen LogP contribution in [0.25, 0.3) is 10.9 Å². The number of ether oxygens (including phenoxy) is 1. The number of methoxy groups -OCH3 is 1. The quantitative estimate of drug-likeness (QED) is 0.653. The van der Waals surface area contributed by atoms with Gasteiger partial charge >= 0.3 is 12.4 Å². The predicted octanol–water partition coefficient (Wildman–Crippen LogP) is 5.04. The number of fused-ring (bicyclic) bond motifs is 1. The van der Waals surface area contributed by atoms with E-state index in [0.29, 0.717) is 12.1 Å². The minimum Gasteiger partial charge on any atom is -0.497 e. The van der Waals surface area contributed by atoms with Crippen molar-refractivity contribution in [2.45, 2.75) is 12.4 Å². The summed E-state index contributed by atoms with van der Waals surface area (Å²) in [6.45, 7) is 0. The molecular weight excluding hydrogens is 368 g/mol. The average molecular weight is 374 g/mol. The molecule has 0 aliphatic carbocycles. The third-order valence-corrected chi connectivity index (χ3v) is 3.32. The van der Waals surface area contributed by atoms with Crippen molar-refractivity contribution in [1.82, 2.24) is 4.98 Å². The fourth-order valence-corrected chi connectivity index (χ4v) is 2.26. The summed E-state index contributed by atoms with van der Waals surface area (Å²) in [5, 5.41) is -0.116. The van der Waals surface area contributed by atoms with Crippen LogP contribution in [-0.2, 0) is 12.4 Å². The van der Waals surface area contributed by atoms with Crippen molar-refractivity contribution >= 4 is 26.8 Å². The summed E-state index contributed by atoms with van der Waals surface area (Å²) in [6, 6.07) is 2.42. The molecule has 1 aromatic heterocycles. The normalized spacial score (nSPS) is 12.8. The summed E-state index contributed by atoms with van der Waals surface area (Å²) in [5.74, 6) is -0.128. The van der Waals surface area contributed by atoms with E-state index in [1.54, 1.807) is 0 Å². The lowest BCUT2D eigenvalue weighted by molar-refractivity contribution is -0.142. The molecule has 0 fully saturated rings. The van der Waals surface area contributed by atoms with E-state index in [0.717, 1.165) is 7.11 Å². The molecule has 114 valence electrons. The molecule has 0 radical (unpaired) electrons. The summed E-state index contributed by atoms with van der Waals surface area (Å²) in [7, 11) is 1.16. The van der Waals surface area contributed by atoms with E-state index in [1.165, 1.54) is 6.07 Å². The van der Waals surface area contributed by atoms with Gasteiger partial charge in [0.2, 0.25) is 0 Å². The molecule has 2 nitrogen and oxygen atoms in total. The van der Waals surface area contributed by atoms with Crippen LogP contribution in [0.15, 0.2) is 22.7 Å². The van der Waals surface area contributed by atoms with Crippen molar-refractivity contribution in [3.8, 4) is 5.75 Å². The fraction of sp³-hybridized carbons (Fsp3) is 0.250. The van der Waals surface area contributed by atoms with Gasteiger partial charge in [-0.15, -0.1) is 0 Å². The Morgan fingerprint density at radius 3 is 2.10 bits per heavy atom. The Hall–Kier alpha value is -1.51. The molecule has 0 saturated heterocycles. The van der Waals surface area contributed by atoms with E-state index in [1.807, 2.05) is 0 Å². The molecule has 0 saturated carbocycles. The Morgan fingerprint density at radius 1 is 1.00 bits per heavy atom. The second-order valence-corrected chi connectivity index (χ2v) is 4.91. The molecule has 0 aliphatic heterocycles. The second-order valence-electron chi connectivity index (χ2n) is 4.06. The Kier molecular flexibility index (Phi) is 3.81. The van der Waals surface area contributed by atoms with Crippen LogP contribution in [0.3, 0.4) is 0 Å². The topological polar surface area (TPSA) is 22.1 Å². The molecule has 0 N–H and O–H groups in total. The van der Waals surface area contributed by atoms with Gasteiger partial charge in [-0.25, -0.2) is 4.98 Å². The summed E-state index contributed by atoms with van der Waals surface area (Å²) in [6.07, 6.45) is -9.71. The smallest absolute Gasteiger partial charge is 0.433 e. The molecule has 0 bridgehead atoms. The number of hydrogen-bond acceptors (Lipinski definition) is 2. The van der Waals surface area contributed by atoms with Crippen molar-refractivity contribution in [1.29, 1.82) is 0 Å². The van der Waals surface area contributed by atoms with Gasteiger partial charge in [0.15, 0.2) is 0 Å². The average Bonchev–Trinajstić information content (AvgIpc) is 2.35. The summed E-state index contributed by atoms with van der Waals surface area (Å²) >= 11 is 2.84. The Balaban J connectivity index is 2.89. The number of halogens is 7. The minimum absolute atomic E-state index is 0.116. The number of aromatic nitrogens is 1. The van der Waals surface area contributed by atoms with Gasteiger partial charge in [0.05, 0.1) is 18.2 Å². The zero-order chi connectivity index (χ0) is 16.0. The molecule has 0 unspecified atom stereocenters.